The minimum Gasteiger partial charge on any atom is -0.493 e. The van der Waals surface area contributed by atoms with E-state index >= 15 is 0 Å². The van der Waals surface area contributed by atoms with Crippen molar-refractivity contribution in [1.82, 2.24) is 5.32 Å². The third-order valence-electron chi connectivity index (χ3n) is 5.72. The summed E-state index contributed by atoms with van der Waals surface area (Å²) in [4.78, 5) is 61.3. The number of non-ortho nitro benzene ring substituents is 1. The highest BCUT2D eigenvalue weighted by atomic mass is 79.9. The lowest BCUT2D eigenvalue weighted by molar-refractivity contribution is -0.384. The maximum atomic E-state index is 13.2. The van der Waals surface area contributed by atoms with Gasteiger partial charge in [-0.05, 0) is 69.5 Å². The quantitative estimate of drug-likeness (QED) is 0.129. The first-order chi connectivity index (χ1) is 19.1. The van der Waals surface area contributed by atoms with Crippen molar-refractivity contribution >= 4 is 57.2 Å². The van der Waals surface area contributed by atoms with E-state index in [0.717, 1.165) is 4.90 Å². The fourth-order valence-electron chi connectivity index (χ4n) is 3.80. The van der Waals surface area contributed by atoms with Crippen LogP contribution in [0.25, 0.3) is 6.08 Å². The number of barbiturate groups is 1. The Hall–Kier alpha value is -5.04. The van der Waals surface area contributed by atoms with Crippen LogP contribution < -0.4 is 19.7 Å². The van der Waals surface area contributed by atoms with Gasteiger partial charge < -0.3 is 14.2 Å². The summed E-state index contributed by atoms with van der Waals surface area (Å²) in [5.74, 6) is -1.81. The normalized spacial score (nSPS) is 14.1. The fraction of sp³-hybridized carbons (Fsp3) is 0.111. The molecule has 40 heavy (non-hydrogen) atoms. The Balaban J connectivity index is 1.61. The van der Waals surface area contributed by atoms with Crippen LogP contribution in [-0.2, 0) is 20.9 Å². The zero-order chi connectivity index (χ0) is 29.0. The minimum absolute atomic E-state index is 0.00378. The zero-order valence-electron chi connectivity index (χ0n) is 21.0. The summed E-state index contributed by atoms with van der Waals surface area (Å²) in [5.41, 5.74) is 0.890. The maximum absolute atomic E-state index is 13.2. The average molecular weight is 610 g/mol. The molecule has 0 radical (unpaired) electrons. The topological polar surface area (TPSA) is 154 Å². The molecule has 1 fully saturated rings. The average Bonchev–Trinajstić information content (AvgIpc) is 2.94. The number of nitro benzene ring substituents is 1. The predicted octanol–water partition coefficient (Wildman–Crippen LogP) is 4.40. The van der Waals surface area contributed by atoms with E-state index in [9.17, 15) is 29.3 Å². The molecule has 1 N–H and O–H groups in total. The highest BCUT2D eigenvalue weighted by Crippen LogP contribution is 2.38. The molecule has 3 aromatic carbocycles. The maximum Gasteiger partial charge on any atom is 0.337 e. The number of benzene rings is 3. The van der Waals surface area contributed by atoms with Gasteiger partial charge in [-0.3, -0.25) is 25.0 Å². The molecule has 1 aliphatic heterocycles. The number of rotatable bonds is 8. The summed E-state index contributed by atoms with van der Waals surface area (Å²) in [6, 6.07) is 13.7. The molecule has 0 aliphatic carbocycles. The molecule has 1 saturated heterocycles. The number of ether oxygens (including phenoxy) is 3. The molecule has 0 bridgehead atoms. The largest absolute Gasteiger partial charge is 0.493 e. The highest BCUT2D eigenvalue weighted by Gasteiger charge is 2.37. The van der Waals surface area contributed by atoms with Gasteiger partial charge in [0.15, 0.2) is 11.5 Å². The SMILES string of the molecule is COC(=O)c1ccc(N2C(=O)NC(=O)/C(=C\c3cc(Br)c(OCc4cccc([N+](=O)[O-])c4)c(OC)c3)C2=O)cc1. The van der Waals surface area contributed by atoms with E-state index < -0.39 is 28.7 Å². The fourth-order valence-corrected chi connectivity index (χ4v) is 4.38. The van der Waals surface area contributed by atoms with E-state index in [2.05, 4.69) is 26.0 Å². The van der Waals surface area contributed by atoms with E-state index in [1.54, 1.807) is 18.2 Å². The zero-order valence-corrected chi connectivity index (χ0v) is 22.6. The van der Waals surface area contributed by atoms with Gasteiger partial charge in [0, 0.05) is 12.1 Å². The second-order valence-electron chi connectivity index (χ2n) is 8.25. The predicted molar refractivity (Wildman–Crippen MR) is 145 cm³/mol. The van der Waals surface area contributed by atoms with Crippen molar-refractivity contribution in [3.63, 3.8) is 0 Å². The van der Waals surface area contributed by atoms with E-state index in [1.165, 1.54) is 62.8 Å². The lowest BCUT2D eigenvalue weighted by atomic mass is 10.1. The van der Waals surface area contributed by atoms with Crippen LogP contribution in [0.4, 0.5) is 16.2 Å². The summed E-state index contributed by atoms with van der Waals surface area (Å²) >= 11 is 3.40. The highest BCUT2D eigenvalue weighted by molar-refractivity contribution is 9.10. The number of methoxy groups -OCH3 is 2. The number of imide groups is 2. The molecule has 4 amide bonds. The number of hydrogen-bond donors (Lipinski definition) is 1. The summed E-state index contributed by atoms with van der Waals surface area (Å²) in [7, 11) is 2.62. The van der Waals surface area contributed by atoms with E-state index in [1.807, 2.05) is 0 Å². The first-order valence-electron chi connectivity index (χ1n) is 11.5. The molecule has 0 aromatic heterocycles. The molecular formula is C27H20BrN3O9. The van der Waals surface area contributed by atoms with Crippen LogP contribution in [0.5, 0.6) is 11.5 Å². The molecule has 0 spiro atoms. The van der Waals surface area contributed by atoms with E-state index in [0.29, 0.717) is 15.6 Å². The molecule has 3 aromatic rings. The Kier molecular flexibility index (Phi) is 8.24. The number of nitrogens with zero attached hydrogens (tertiary/aromatic N) is 2. The van der Waals surface area contributed by atoms with Crippen LogP contribution in [0.15, 0.2) is 70.7 Å². The van der Waals surface area contributed by atoms with Crippen molar-refractivity contribution in [2.24, 2.45) is 0 Å². The van der Waals surface area contributed by atoms with Crippen molar-refractivity contribution in [2.45, 2.75) is 6.61 Å². The molecular weight excluding hydrogens is 590 g/mol. The van der Waals surface area contributed by atoms with Crippen LogP contribution >= 0.6 is 15.9 Å². The second kappa shape index (κ2) is 11.8. The standard InChI is InChI=1S/C27H20BrN3O9/c1-38-22-13-16(12-21(28)23(22)40-14-15-4-3-5-19(10-15)31(36)37)11-20-24(32)29-27(35)30(25(20)33)18-8-6-17(7-9-18)26(34)39-2/h3-13H,14H2,1-2H3,(H,29,32,35)/b20-11+. The Labute approximate surface area is 235 Å². The van der Waals surface area contributed by atoms with Crippen molar-refractivity contribution < 1.29 is 38.3 Å². The number of hydrogen-bond acceptors (Lipinski definition) is 9. The Bertz CT molecular complexity index is 1570. The Morgan fingerprint density at radius 3 is 2.45 bits per heavy atom. The first kappa shape index (κ1) is 28.0. The molecule has 0 atom stereocenters. The van der Waals surface area contributed by atoms with Crippen LogP contribution in [0, 0.1) is 10.1 Å². The van der Waals surface area contributed by atoms with Gasteiger partial charge in [0.2, 0.25) is 0 Å². The van der Waals surface area contributed by atoms with Crippen molar-refractivity contribution in [1.29, 1.82) is 0 Å². The number of halogens is 1. The number of amides is 4. The molecule has 0 unspecified atom stereocenters. The summed E-state index contributed by atoms with van der Waals surface area (Å²) in [6.07, 6.45) is 1.29. The van der Waals surface area contributed by atoms with Gasteiger partial charge in [0.05, 0.1) is 34.9 Å². The molecule has 1 aliphatic rings. The molecule has 0 saturated carbocycles. The van der Waals surface area contributed by atoms with Crippen LogP contribution in [0.2, 0.25) is 0 Å². The number of esters is 1. The molecule has 13 heteroatoms. The minimum atomic E-state index is -0.943. The van der Waals surface area contributed by atoms with Crippen LogP contribution in [0.3, 0.4) is 0 Å². The van der Waals surface area contributed by atoms with Gasteiger partial charge in [-0.2, -0.15) is 0 Å². The Morgan fingerprint density at radius 2 is 1.80 bits per heavy atom. The van der Waals surface area contributed by atoms with Crippen molar-refractivity contribution in [3.8, 4) is 11.5 Å². The number of urea groups is 1. The smallest absolute Gasteiger partial charge is 0.337 e. The number of carbonyl (C=O) groups excluding carboxylic acids is 4. The van der Waals surface area contributed by atoms with Gasteiger partial charge in [-0.25, -0.2) is 14.5 Å². The molecule has 12 nitrogen and oxygen atoms in total. The first-order valence-corrected chi connectivity index (χ1v) is 12.3. The third-order valence-corrected chi connectivity index (χ3v) is 6.30. The van der Waals surface area contributed by atoms with Gasteiger partial charge in [-0.15, -0.1) is 0 Å². The Morgan fingerprint density at radius 1 is 1.07 bits per heavy atom. The third kappa shape index (κ3) is 5.83. The van der Waals surface area contributed by atoms with Gasteiger partial charge in [0.1, 0.15) is 12.2 Å². The summed E-state index contributed by atoms with van der Waals surface area (Å²) < 4.78 is 16.3. The van der Waals surface area contributed by atoms with Crippen molar-refractivity contribution in [3.05, 3.63) is 97.5 Å². The number of nitrogens with one attached hydrogen (secondary N) is 1. The molecule has 204 valence electrons. The van der Waals surface area contributed by atoms with Crippen LogP contribution in [0.1, 0.15) is 21.5 Å². The monoisotopic (exact) mass is 609 g/mol. The summed E-state index contributed by atoms with van der Waals surface area (Å²) in [6.45, 7) is 0.00378. The number of carbonyl (C=O) groups is 4. The second-order valence-corrected chi connectivity index (χ2v) is 9.10. The van der Waals surface area contributed by atoms with Crippen LogP contribution in [-0.4, -0.2) is 43.0 Å². The van der Waals surface area contributed by atoms with E-state index in [4.69, 9.17) is 9.47 Å². The summed E-state index contributed by atoms with van der Waals surface area (Å²) in [5, 5.41) is 13.2. The van der Waals surface area contributed by atoms with Crippen molar-refractivity contribution in [2.75, 3.05) is 19.1 Å². The van der Waals surface area contributed by atoms with Gasteiger partial charge >= 0.3 is 12.0 Å². The molecule has 4 rings (SSSR count). The van der Waals surface area contributed by atoms with E-state index in [-0.39, 0.29) is 40.6 Å². The van der Waals surface area contributed by atoms with Gasteiger partial charge in [-0.1, -0.05) is 12.1 Å². The molecule has 1 heterocycles. The lowest BCUT2D eigenvalue weighted by Crippen LogP contribution is -2.54. The lowest BCUT2D eigenvalue weighted by Gasteiger charge is -2.26. The van der Waals surface area contributed by atoms with Gasteiger partial charge in [0.25, 0.3) is 17.5 Å². The number of anilines is 1. The number of nitro groups is 1.